The lowest BCUT2D eigenvalue weighted by molar-refractivity contribution is -0.00000469. The standard InChI is InChI=1S/C14H30N4.BrH/c1-3-4-5-6-7-8-9-10-11-12-17-14(16)18-13(2)15;/h3-12H2,1-2H3,(H4,15,16,17,18);1H/p-1. The largest absolute Gasteiger partial charge is 1.00 e. The average Bonchev–Trinajstić information content (AvgIpc) is 2.30. The second-order valence-corrected chi connectivity index (χ2v) is 4.85. The summed E-state index contributed by atoms with van der Waals surface area (Å²) >= 11 is 0. The number of nitrogens with two attached hydrogens (primary N) is 1. The molecule has 0 fully saturated rings. The van der Waals surface area contributed by atoms with Gasteiger partial charge in [-0.25, -0.2) is 0 Å². The third kappa shape index (κ3) is 17.4. The second kappa shape index (κ2) is 15.5. The molecule has 0 aliphatic carbocycles. The highest BCUT2D eigenvalue weighted by Crippen LogP contribution is 2.09. The van der Waals surface area contributed by atoms with Crippen LogP contribution in [0.25, 0.3) is 0 Å². The molecule has 0 aliphatic rings. The monoisotopic (exact) mass is 333 g/mol. The summed E-state index contributed by atoms with van der Waals surface area (Å²) in [5.74, 6) is 0.699. The lowest BCUT2D eigenvalue weighted by Gasteiger charge is -2.03. The van der Waals surface area contributed by atoms with Gasteiger partial charge in [0.2, 0.25) is 0 Å². The van der Waals surface area contributed by atoms with Crippen molar-refractivity contribution in [3.8, 4) is 0 Å². The Morgan fingerprint density at radius 2 is 1.47 bits per heavy atom. The molecule has 0 bridgehead atoms. The number of halogens is 1. The van der Waals surface area contributed by atoms with Gasteiger partial charge in [0.15, 0.2) is 5.96 Å². The predicted molar refractivity (Wildman–Crippen MR) is 80.3 cm³/mol. The van der Waals surface area contributed by atoms with Gasteiger partial charge < -0.3 is 28.0 Å². The molecule has 4 nitrogen and oxygen atoms in total. The number of unbranched alkanes of at least 4 members (excludes halogenated alkanes) is 8. The third-order valence-corrected chi connectivity index (χ3v) is 2.86. The maximum Gasteiger partial charge on any atom is 0.194 e. The van der Waals surface area contributed by atoms with Crippen LogP contribution < -0.4 is 28.0 Å². The molecular formula is C14H30BrN4-. The van der Waals surface area contributed by atoms with Crippen LogP contribution in [-0.2, 0) is 0 Å². The molecule has 0 spiro atoms. The molecular weight excluding hydrogens is 304 g/mol. The van der Waals surface area contributed by atoms with Crippen LogP contribution in [0, 0.1) is 5.41 Å². The van der Waals surface area contributed by atoms with E-state index in [4.69, 9.17) is 11.1 Å². The molecule has 114 valence electrons. The highest BCUT2D eigenvalue weighted by molar-refractivity contribution is 5.96. The van der Waals surface area contributed by atoms with Crippen LogP contribution in [0.3, 0.4) is 0 Å². The van der Waals surface area contributed by atoms with E-state index in [0.717, 1.165) is 13.0 Å². The van der Waals surface area contributed by atoms with Crippen molar-refractivity contribution in [2.75, 3.05) is 6.54 Å². The molecule has 5 heteroatoms. The van der Waals surface area contributed by atoms with Crippen molar-refractivity contribution in [1.82, 2.24) is 5.32 Å². The Morgan fingerprint density at radius 1 is 1.00 bits per heavy atom. The number of amidine groups is 1. The quantitative estimate of drug-likeness (QED) is 0.308. The number of guanidine groups is 1. The number of hydrogen-bond acceptors (Lipinski definition) is 2. The maximum atomic E-state index is 7.19. The van der Waals surface area contributed by atoms with Crippen LogP contribution in [-0.4, -0.2) is 18.3 Å². The van der Waals surface area contributed by atoms with Gasteiger partial charge in [-0.2, -0.15) is 0 Å². The molecule has 0 heterocycles. The summed E-state index contributed by atoms with van der Waals surface area (Å²) in [5, 5.41) is 9.88. The fourth-order valence-electron chi connectivity index (χ4n) is 1.85. The first-order valence-electron chi connectivity index (χ1n) is 7.29. The van der Waals surface area contributed by atoms with Gasteiger partial charge in [-0.1, -0.05) is 58.3 Å². The summed E-state index contributed by atoms with van der Waals surface area (Å²) in [6.07, 6.45) is 11.8. The van der Waals surface area contributed by atoms with Crippen molar-refractivity contribution in [3.05, 3.63) is 0 Å². The summed E-state index contributed by atoms with van der Waals surface area (Å²) in [4.78, 5) is 4.17. The number of aliphatic imine (C=N–C) groups is 1. The van der Waals surface area contributed by atoms with Crippen molar-refractivity contribution in [1.29, 1.82) is 5.41 Å². The Labute approximate surface area is 128 Å². The van der Waals surface area contributed by atoms with E-state index in [-0.39, 0.29) is 17.0 Å². The third-order valence-electron chi connectivity index (χ3n) is 2.86. The van der Waals surface area contributed by atoms with Crippen molar-refractivity contribution in [2.45, 2.75) is 71.6 Å². The molecule has 0 aromatic carbocycles. The summed E-state index contributed by atoms with van der Waals surface area (Å²) in [5.41, 5.74) is 5.58. The Kier molecular flexibility index (Phi) is 16.9. The first-order chi connectivity index (χ1) is 8.66. The normalized spacial score (nSPS) is 10.9. The highest BCUT2D eigenvalue weighted by Gasteiger charge is 1.93. The number of hydrogen-bond donors (Lipinski definition) is 3. The fourth-order valence-corrected chi connectivity index (χ4v) is 1.85. The number of nitrogens with one attached hydrogen (secondary N) is 2. The van der Waals surface area contributed by atoms with Gasteiger partial charge in [0.05, 0.1) is 5.84 Å². The lowest BCUT2D eigenvalue weighted by atomic mass is 10.1. The van der Waals surface area contributed by atoms with E-state index < -0.39 is 0 Å². The first kappa shape index (κ1) is 20.7. The van der Waals surface area contributed by atoms with E-state index in [1.807, 2.05) is 0 Å². The molecule has 0 saturated carbocycles. The minimum Gasteiger partial charge on any atom is -1.00 e. The lowest BCUT2D eigenvalue weighted by Crippen LogP contribution is -3.00. The molecule has 0 aromatic heterocycles. The first-order valence-corrected chi connectivity index (χ1v) is 7.29. The van der Waals surface area contributed by atoms with Crippen molar-refractivity contribution in [2.24, 2.45) is 10.7 Å². The van der Waals surface area contributed by atoms with Crippen LogP contribution in [0.15, 0.2) is 4.99 Å². The molecule has 0 unspecified atom stereocenters. The molecule has 0 amide bonds. The Hall–Kier alpha value is -0.580. The van der Waals surface area contributed by atoms with Crippen molar-refractivity contribution in [3.63, 3.8) is 0 Å². The topological polar surface area (TPSA) is 74.3 Å². The zero-order valence-electron chi connectivity index (χ0n) is 12.5. The Bertz CT molecular complexity index is 242. The van der Waals surface area contributed by atoms with E-state index in [0.29, 0.717) is 11.8 Å². The highest BCUT2D eigenvalue weighted by atomic mass is 79.9. The number of rotatable bonds is 10. The van der Waals surface area contributed by atoms with Gasteiger partial charge >= 0.3 is 0 Å². The molecule has 0 radical (unpaired) electrons. The molecule has 0 saturated heterocycles. The molecule has 0 aliphatic heterocycles. The van der Waals surface area contributed by atoms with Crippen LogP contribution in [0.2, 0.25) is 0 Å². The zero-order valence-corrected chi connectivity index (χ0v) is 14.1. The molecule has 0 aromatic rings. The van der Waals surface area contributed by atoms with Crippen LogP contribution in [0.4, 0.5) is 0 Å². The Morgan fingerprint density at radius 3 is 1.95 bits per heavy atom. The van der Waals surface area contributed by atoms with Gasteiger partial charge in [0, 0.05) is 6.54 Å². The van der Waals surface area contributed by atoms with Gasteiger partial charge in [-0.05, 0) is 13.3 Å². The summed E-state index contributed by atoms with van der Waals surface area (Å²) < 4.78 is 0. The van der Waals surface area contributed by atoms with E-state index in [2.05, 4.69) is 17.2 Å². The van der Waals surface area contributed by atoms with Crippen molar-refractivity contribution < 1.29 is 17.0 Å². The average molecular weight is 334 g/mol. The summed E-state index contributed by atoms with van der Waals surface area (Å²) in [6.45, 7) is 4.67. The van der Waals surface area contributed by atoms with E-state index >= 15 is 0 Å². The van der Waals surface area contributed by atoms with Gasteiger partial charge in [-0.3, -0.25) is 10.4 Å². The van der Waals surface area contributed by atoms with E-state index in [9.17, 15) is 0 Å². The van der Waals surface area contributed by atoms with Gasteiger partial charge in [0.25, 0.3) is 0 Å². The van der Waals surface area contributed by atoms with Gasteiger partial charge in [0.1, 0.15) is 0 Å². The molecule has 4 N–H and O–H groups in total. The van der Waals surface area contributed by atoms with Crippen LogP contribution in [0.1, 0.15) is 71.6 Å². The Balaban J connectivity index is 0. The van der Waals surface area contributed by atoms with Crippen LogP contribution in [0.5, 0.6) is 0 Å². The molecule has 0 atom stereocenters. The van der Waals surface area contributed by atoms with Crippen LogP contribution >= 0.6 is 0 Å². The smallest absolute Gasteiger partial charge is 0.194 e. The summed E-state index contributed by atoms with van der Waals surface area (Å²) in [6, 6.07) is 0. The minimum atomic E-state index is 0. The van der Waals surface area contributed by atoms with Gasteiger partial charge in [-0.15, -0.1) is 0 Å². The van der Waals surface area contributed by atoms with E-state index in [1.165, 1.54) is 51.4 Å². The maximum absolute atomic E-state index is 7.19. The SMILES string of the molecule is CCCCCCCCCCCN=C(N)NC(C)=N.[Br-]. The zero-order chi connectivity index (χ0) is 13.6. The fraction of sp³-hybridized carbons (Fsp3) is 0.857. The second-order valence-electron chi connectivity index (χ2n) is 4.85. The summed E-state index contributed by atoms with van der Waals surface area (Å²) in [7, 11) is 0. The van der Waals surface area contributed by atoms with Crippen molar-refractivity contribution >= 4 is 11.8 Å². The number of nitrogens with zero attached hydrogens (tertiary/aromatic N) is 1. The minimum absolute atomic E-state index is 0. The van der Waals surface area contributed by atoms with E-state index in [1.54, 1.807) is 6.92 Å². The molecule has 0 rings (SSSR count). The molecule has 19 heavy (non-hydrogen) atoms. The predicted octanol–water partition coefficient (Wildman–Crippen LogP) is 0.423.